The summed E-state index contributed by atoms with van der Waals surface area (Å²) < 4.78 is 0. The zero-order valence-electron chi connectivity index (χ0n) is 42.6. The third-order valence-electron chi connectivity index (χ3n) is 13.8. The van der Waals surface area contributed by atoms with Crippen molar-refractivity contribution >= 4 is 91.7 Å². The highest BCUT2D eigenvalue weighted by Gasteiger charge is 2.46. The highest BCUT2D eigenvalue weighted by atomic mass is 33.1. The predicted molar refractivity (Wildman–Crippen MR) is 290 cm³/mol. The van der Waals surface area contributed by atoms with Crippen molar-refractivity contribution in [1.82, 2.24) is 57.1 Å². The van der Waals surface area contributed by atoms with Crippen LogP contribution in [0.25, 0.3) is 10.9 Å². The molecule has 2 aromatic carbocycles. The zero-order chi connectivity index (χ0) is 55.0. The second-order valence-corrected chi connectivity index (χ2v) is 22.0. The quantitative estimate of drug-likeness (QED) is 0.0261. The Kier molecular flexibility index (Phi) is 20.3. The van der Waals surface area contributed by atoms with Crippen LogP contribution in [-0.2, 0) is 57.6 Å². The van der Waals surface area contributed by atoms with Crippen LogP contribution in [0.15, 0.2) is 78.3 Å². The lowest BCUT2D eigenvalue weighted by molar-refractivity contribution is -0.137. The standard InChI is InChI=1S/C51H67N15O9S2/c1-28-43(68)61-38(22-32-24-55-27-58-32)47(72)62-36(19-29-11-4-2-5-12-29)45(70)60-35(17-10-18-56-50(53)54)44(69)63-37(21-31-23-57-34-16-9-8-15-33(31)34)46(71)64-40(42(52)67)25-76-77-26-41(48(73)59-28)66-49(74)39(65-51(66)75)20-30-13-6-3-7-14-30/h2,4-5,8-9,11-12,15-16,23-24,27-28,30,35-41,57H,3,6-7,10,13-14,17-22,25-26H2,1H3,(H2,52,67)(H,55,58)(H,59,73)(H,60,70)(H,61,68)(H,62,72)(H,63,69)(H,64,71)(H,65,75)(H4,53,54,56)/t28-,35+,36-,37+,38+,39+,40+,41+/m1/s1. The number of H-pyrrole nitrogens is 2. The predicted octanol–water partition coefficient (Wildman–Crippen LogP) is 0.0409. The fourth-order valence-corrected chi connectivity index (χ4v) is 12.0. The van der Waals surface area contributed by atoms with Crippen LogP contribution in [0.1, 0.15) is 75.1 Å². The molecule has 15 N–H and O–H groups in total. The number of nitrogens with one attached hydrogen (secondary N) is 9. The van der Waals surface area contributed by atoms with E-state index in [4.69, 9.17) is 17.2 Å². The van der Waals surface area contributed by atoms with Crippen molar-refractivity contribution in [2.24, 2.45) is 28.1 Å². The van der Waals surface area contributed by atoms with E-state index in [9.17, 15) is 43.2 Å². The van der Waals surface area contributed by atoms with Gasteiger partial charge in [0.2, 0.25) is 41.4 Å². The topological polar surface area (TPSA) is 376 Å². The maximum absolute atomic E-state index is 14.7. The number of amides is 10. The number of aliphatic imine (C=N–C) groups is 1. The molecule has 77 heavy (non-hydrogen) atoms. The maximum atomic E-state index is 14.7. The van der Waals surface area contributed by atoms with Crippen molar-refractivity contribution in [2.75, 3.05) is 18.1 Å². The summed E-state index contributed by atoms with van der Waals surface area (Å²) in [5.41, 5.74) is 19.5. The normalized spacial score (nSPS) is 25.1. The van der Waals surface area contributed by atoms with Crippen molar-refractivity contribution in [1.29, 1.82) is 0 Å². The minimum atomic E-state index is -1.47. The molecule has 26 heteroatoms. The van der Waals surface area contributed by atoms with Gasteiger partial charge in [0.25, 0.3) is 5.91 Å². The van der Waals surface area contributed by atoms with Gasteiger partial charge in [-0.25, -0.2) is 14.7 Å². The van der Waals surface area contributed by atoms with Gasteiger partial charge in [-0.15, -0.1) is 0 Å². The average molecular weight is 1100 g/mol. The number of urea groups is 1. The first kappa shape index (κ1) is 57.1. The Morgan fingerprint density at radius 1 is 0.675 bits per heavy atom. The van der Waals surface area contributed by atoms with E-state index in [-0.39, 0.29) is 62.0 Å². The third kappa shape index (κ3) is 16.0. The van der Waals surface area contributed by atoms with Crippen molar-refractivity contribution in [3.8, 4) is 0 Å². The van der Waals surface area contributed by atoms with E-state index in [0.29, 0.717) is 23.2 Å². The zero-order valence-corrected chi connectivity index (χ0v) is 44.2. The fourth-order valence-electron chi connectivity index (χ4n) is 9.60. The molecule has 2 aromatic heterocycles. The molecule has 7 rings (SSSR count). The number of para-hydroxylation sites is 1. The van der Waals surface area contributed by atoms with Gasteiger partial charge in [0, 0.05) is 66.3 Å². The smallest absolute Gasteiger partial charge is 0.325 e. The summed E-state index contributed by atoms with van der Waals surface area (Å²) in [6.07, 6.45) is 9.62. The number of primary amides is 1. The number of imidazole rings is 1. The van der Waals surface area contributed by atoms with Gasteiger partial charge in [-0.2, -0.15) is 0 Å². The first-order valence-electron chi connectivity index (χ1n) is 25.7. The van der Waals surface area contributed by atoms with Crippen molar-refractivity contribution in [3.63, 3.8) is 0 Å². The molecule has 24 nitrogen and oxygen atoms in total. The summed E-state index contributed by atoms with van der Waals surface area (Å²) in [4.78, 5) is 143. The number of rotatable bonds is 14. The number of nitrogens with zero attached hydrogens (tertiary/aromatic N) is 3. The second-order valence-electron chi connectivity index (χ2n) is 19.5. The molecular formula is C51H67N15O9S2. The molecule has 3 fully saturated rings. The molecule has 1 aliphatic carbocycles. The minimum Gasteiger partial charge on any atom is -0.370 e. The Morgan fingerprint density at radius 2 is 1.31 bits per heavy atom. The van der Waals surface area contributed by atoms with Crippen LogP contribution in [0.5, 0.6) is 0 Å². The van der Waals surface area contributed by atoms with Crippen LogP contribution >= 0.6 is 21.6 Å². The summed E-state index contributed by atoms with van der Waals surface area (Å²) in [5, 5.41) is 19.8. The number of guanidine groups is 1. The van der Waals surface area contributed by atoms with E-state index in [1.165, 1.54) is 19.4 Å². The molecular weight excluding hydrogens is 1030 g/mol. The van der Waals surface area contributed by atoms with Crippen molar-refractivity contribution in [2.45, 2.75) is 126 Å². The number of benzene rings is 2. The van der Waals surface area contributed by atoms with Crippen LogP contribution in [0, 0.1) is 5.92 Å². The molecule has 1 saturated carbocycles. The summed E-state index contributed by atoms with van der Waals surface area (Å²) >= 11 is 0. The Bertz CT molecular complexity index is 2770. The Balaban J connectivity index is 1.24. The molecule has 4 aromatic rings. The van der Waals surface area contributed by atoms with E-state index in [2.05, 4.69) is 57.2 Å². The number of carbonyl (C=O) groups excluding carboxylic acids is 9. The van der Waals surface area contributed by atoms with Crippen LogP contribution in [0.3, 0.4) is 0 Å². The van der Waals surface area contributed by atoms with Gasteiger partial charge < -0.3 is 64.4 Å². The van der Waals surface area contributed by atoms with Gasteiger partial charge in [-0.1, -0.05) is 102 Å². The number of hydrogen-bond donors (Lipinski definition) is 12. The largest absolute Gasteiger partial charge is 0.370 e. The minimum absolute atomic E-state index is 0.0471. The molecule has 4 heterocycles. The SMILES string of the molecule is C[C@H]1NC(=O)[C@@H](N2C(=O)N[C@@H](CC3CCCCC3)C2=O)CSSC[C@@H](C(N)=O)NC(=O)[C@H](Cc2c[nH]c3ccccc23)NC(=O)[C@H](CCCN=C(N)N)NC(=O)[C@@H](Cc2ccccc2)NC(=O)[C@H](Cc2cnc[nH]2)NC1=O. The van der Waals surface area contributed by atoms with Crippen LogP contribution in [-0.4, -0.2) is 145 Å². The maximum Gasteiger partial charge on any atom is 0.325 e. The van der Waals surface area contributed by atoms with Gasteiger partial charge in [-0.3, -0.25) is 43.3 Å². The van der Waals surface area contributed by atoms with E-state index in [1.54, 1.807) is 36.5 Å². The van der Waals surface area contributed by atoms with Gasteiger partial charge in [0.1, 0.15) is 48.3 Å². The van der Waals surface area contributed by atoms with Crippen LogP contribution in [0.4, 0.5) is 4.79 Å². The van der Waals surface area contributed by atoms with Gasteiger partial charge >= 0.3 is 6.03 Å². The first-order chi connectivity index (χ1) is 37.0. The highest BCUT2D eigenvalue weighted by Crippen LogP contribution is 2.31. The van der Waals surface area contributed by atoms with E-state index >= 15 is 0 Å². The summed E-state index contributed by atoms with van der Waals surface area (Å²) in [6.45, 7) is 1.44. The number of nitrogens with two attached hydrogens (primary N) is 3. The number of imide groups is 1. The molecule has 0 radical (unpaired) electrons. The molecule has 8 atom stereocenters. The number of carbonyl (C=O) groups is 9. The van der Waals surface area contributed by atoms with Crippen LogP contribution in [0.2, 0.25) is 0 Å². The lowest BCUT2D eigenvalue weighted by Gasteiger charge is -2.28. The monoisotopic (exact) mass is 1100 g/mol. The summed E-state index contributed by atoms with van der Waals surface area (Å²) in [6, 6.07) is 4.74. The fraction of sp³-hybridized carbons (Fsp3) is 0.471. The third-order valence-corrected chi connectivity index (χ3v) is 16.2. The lowest BCUT2D eigenvalue weighted by Crippen LogP contribution is -2.60. The van der Waals surface area contributed by atoms with Crippen molar-refractivity contribution in [3.05, 3.63) is 90.1 Å². The second kappa shape index (κ2) is 27.4. The molecule has 0 bridgehead atoms. The molecule has 0 unspecified atom stereocenters. The average Bonchev–Trinajstić information content (AvgIpc) is 4.15. The van der Waals surface area contributed by atoms with Crippen molar-refractivity contribution < 1.29 is 43.2 Å². The molecule has 10 amide bonds. The summed E-state index contributed by atoms with van der Waals surface area (Å²) in [7, 11) is 2.04. The molecule has 3 aliphatic rings. The highest BCUT2D eigenvalue weighted by molar-refractivity contribution is 8.76. The van der Waals surface area contributed by atoms with E-state index in [0.717, 1.165) is 69.5 Å². The number of fused-ring (bicyclic) bond motifs is 1. The molecule has 0 spiro atoms. The summed E-state index contributed by atoms with van der Waals surface area (Å²) in [5.74, 6) is -6.82. The number of aromatic nitrogens is 3. The van der Waals surface area contributed by atoms with Crippen LogP contribution < -0.4 is 54.4 Å². The molecule has 2 aliphatic heterocycles. The van der Waals surface area contributed by atoms with Gasteiger partial charge in [0.15, 0.2) is 5.96 Å². The van der Waals surface area contributed by atoms with E-state index < -0.39 is 102 Å². The van der Waals surface area contributed by atoms with Gasteiger partial charge in [-0.05, 0) is 49.3 Å². The molecule has 412 valence electrons. The Labute approximate surface area is 452 Å². The number of hydrogen-bond acceptors (Lipinski definition) is 13. The van der Waals surface area contributed by atoms with Gasteiger partial charge in [0.05, 0.1) is 6.33 Å². The molecule has 2 saturated heterocycles. The Morgan fingerprint density at radius 3 is 2.01 bits per heavy atom. The Hall–Kier alpha value is -7.61. The first-order valence-corrected chi connectivity index (χ1v) is 28.1. The number of aromatic amines is 2. The van der Waals surface area contributed by atoms with E-state index in [1.807, 2.05) is 24.3 Å². The lowest BCUT2D eigenvalue weighted by atomic mass is 9.85.